The van der Waals surface area contributed by atoms with Crippen LogP contribution in [-0.2, 0) is 63.3 Å². The number of carbonyl (C=O) groups is 2. The molecule has 21 nitrogen and oxygen atoms in total. The van der Waals surface area contributed by atoms with Crippen molar-refractivity contribution < 1.29 is 82.5 Å². The first kappa shape index (κ1) is 48.7. The molecule has 0 saturated carbocycles. The number of aromatic hydroxyl groups is 2. The molecule has 3 fully saturated rings. The van der Waals surface area contributed by atoms with E-state index in [4.69, 9.17) is 52.4 Å². The number of carbonyl (C=O) groups excluding carboxylic acids is 2. The minimum absolute atomic E-state index is 0.0301. The van der Waals surface area contributed by atoms with Gasteiger partial charge < -0.3 is 82.4 Å². The van der Waals surface area contributed by atoms with Crippen LogP contribution in [0.4, 0.5) is 0 Å². The van der Waals surface area contributed by atoms with E-state index in [9.17, 15) is 39.9 Å². The Balaban J connectivity index is 0.000000165. The lowest BCUT2D eigenvalue weighted by atomic mass is 9.66. The molecule has 12 rings (SSSR count). The summed E-state index contributed by atoms with van der Waals surface area (Å²) >= 11 is 0. The largest absolute Gasteiger partial charge is 0.508 e. The molecular formula is C52H55N3O18. The van der Waals surface area contributed by atoms with Crippen LogP contribution in [0.1, 0.15) is 71.2 Å². The Bertz CT molecular complexity index is 3100. The van der Waals surface area contributed by atoms with E-state index in [1.807, 2.05) is 25.1 Å². The number of cyclic esters (lactones) is 2. The number of aliphatic hydroxyl groups is 3. The Hall–Kier alpha value is -6.56. The molecular weight excluding hydrogens is 955 g/mol. The predicted molar refractivity (Wildman–Crippen MR) is 252 cm³/mol. The molecule has 0 radical (unpaired) electrons. The number of ether oxygens (including phenoxy) is 10. The molecule has 3 saturated heterocycles. The van der Waals surface area contributed by atoms with Crippen molar-refractivity contribution in [2.45, 2.75) is 94.6 Å². The van der Waals surface area contributed by atoms with Gasteiger partial charge in [-0.2, -0.15) is 0 Å². The van der Waals surface area contributed by atoms with E-state index in [0.717, 1.165) is 16.5 Å². The predicted octanol–water partition coefficient (Wildman–Crippen LogP) is 3.19. The second kappa shape index (κ2) is 18.4. The number of hydrogen-bond donors (Lipinski definition) is 5. The lowest BCUT2D eigenvalue weighted by Crippen LogP contribution is -2.63. The number of fused-ring (bicyclic) bond motifs is 9. The van der Waals surface area contributed by atoms with Crippen LogP contribution >= 0.6 is 0 Å². The number of esters is 2. The average Bonchev–Trinajstić information content (AvgIpc) is 4.12. The maximum atomic E-state index is 13.4. The average molecular weight is 1010 g/mol. The highest BCUT2D eigenvalue weighted by Gasteiger charge is 2.56. The van der Waals surface area contributed by atoms with Crippen LogP contribution in [0.3, 0.4) is 0 Å². The Labute approximate surface area is 417 Å². The molecule has 7 aliphatic rings. The zero-order valence-electron chi connectivity index (χ0n) is 40.7. The molecule has 5 N–H and O–H groups in total. The van der Waals surface area contributed by atoms with Crippen LogP contribution in [0.25, 0.3) is 22.3 Å². The van der Waals surface area contributed by atoms with Crippen LogP contribution < -0.4 is 24.5 Å². The van der Waals surface area contributed by atoms with E-state index >= 15 is 0 Å². The third kappa shape index (κ3) is 7.91. The van der Waals surface area contributed by atoms with Gasteiger partial charge in [0, 0.05) is 40.5 Å². The monoisotopic (exact) mass is 1010 g/mol. The zero-order chi connectivity index (χ0) is 51.4. The number of methoxy groups -OCH3 is 2. The number of phenols is 2. The highest BCUT2D eigenvalue weighted by molar-refractivity contribution is 5.89. The van der Waals surface area contributed by atoms with Gasteiger partial charge in [-0.05, 0) is 92.7 Å². The molecule has 21 heteroatoms. The number of hydrogen-bond acceptors (Lipinski definition) is 20. The molecule has 0 bridgehead atoms. The van der Waals surface area contributed by atoms with Gasteiger partial charge in [-0.25, -0.2) is 9.78 Å². The summed E-state index contributed by atoms with van der Waals surface area (Å²) in [5, 5.41) is 54.7. The van der Waals surface area contributed by atoms with Crippen molar-refractivity contribution >= 4 is 22.8 Å². The normalized spacial score (nSPS) is 29.2. The number of phenolic OH excluding ortho intramolecular Hbond substituents is 2. The van der Waals surface area contributed by atoms with Crippen LogP contribution in [0.2, 0.25) is 0 Å². The summed E-state index contributed by atoms with van der Waals surface area (Å²) in [4.78, 5) is 45.7. The molecule has 0 amide bonds. The van der Waals surface area contributed by atoms with E-state index in [0.29, 0.717) is 69.3 Å². The van der Waals surface area contributed by atoms with Crippen molar-refractivity contribution in [3.05, 3.63) is 97.8 Å². The first-order valence-electron chi connectivity index (χ1n) is 24.0. The number of pyridine rings is 2. The van der Waals surface area contributed by atoms with E-state index in [1.54, 1.807) is 60.9 Å². The highest BCUT2D eigenvalue weighted by Crippen LogP contribution is 2.57. The fourth-order valence-corrected chi connectivity index (χ4v) is 11.3. The number of aromatic nitrogens is 2. The summed E-state index contributed by atoms with van der Waals surface area (Å²) in [5.41, 5.74) is 4.04. The van der Waals surface area contributed by atoms with E-state index in [-0.39, 0.29) is 61.6 Å². The molecule has 1 aliphatic carbocycles. The van der Waals surface area contributed by atoms with Gasteiger partial charge in [0.2, 0.25) is 12.5 Å². The van der Waals surface area contributed by atoms with Crippen LogP contribution in [0, 0.1) is 11.8 Å². The van der Waals surface area contributed by atoms with Gasteiger partial charge in [-0.15, -0.1) is 0 Å². The van der Waals surface area contributed by atoms with Gasteiger partial charge in [0.25, 0.3) is 5.56 Å². The quantitative estimate of drug-likeness (QED) is 0.137. The van der Waals surface area contributed by atoms with Crippen molar-refractivity contribution in [3.63, 3.8) is 0 Å². The van der Waals surface area contributed by atoms with E-state index in [2.05, 4.69) is 0 Å². The molecule has 2 aromatic heterocycles. The van der Waals surface area contributed by atoms with Crippen molar-refractivity contribution in [2.75, 3.05) is 48.3 Å². The first-order valence-corrected chi connectivity index (χ1v) is 24.0. The minimum atomic E-state index is -1.84. The molecule has 2 unspecified atom stereocenters. The van der Waals surface area contributed by atoms with Crippen molar-refractivity contribution in [1.82, 2.24) is 14.5 Å². The van der Waals surface area contributed by atoms with Crippen LogP contribution in [-0.4, -0.2) is 137 Å². The summed E-state index contributed by atoms with van der Waals surface area (Å²) in [5.74, 6) is -1.56. The van der Waals surface area contributed by atoms with Crippen molar-refractivity contribution in [3.8, 4) is 45.9 Å². The standard InChI is InChI=1S/C29H32O13.C23H23N3O5/c1-11-36-9-20-27(40-11)24(31)25(32)29(41-20)42-26-14-7-17-16(38-10-39-17)6-13(14)21(22-15(26)8-37-28(22)33)12-4-18(34-2)23(30)19(5-12)35-3;1-4-23(30)16-8-18-20-12(9-26(18)21(28)15(16)11-31-22(23)29)7-13-14(10-25(2)3)19(27)6-5-17(13)24-20/h4-7,11,15,20-22,24-27,29-32H,8-10H2,1-3H3;5-8,27,30H,4,9-11H2,1-3H3/t11-,15?,20-,21-,22+,24-,25-,26?,27-,29+;23-/m10/s1. The highest BCUT2D eigenvalue weighted by atomic mass is 16.8. The van der Waals surface area contributed by atoms with E-state index < -0.39 is 78.4 Å². The smallest absolute Gasteiger partial charge is 0.343 e. The molecule has 8 heterocycles. The summed E-state index contributed by atoms with van der Waals surface area (Å²) in [7, 11) is 6.72. The summed E-state index contributed by atoms with van der Waals surface area (Å²) < 4.78 is 58.2. The Morgan fingerprint density at radius 2 is 1.62 bits per heavy atom. The van der Waals surface area contributed by atoms with E-state index in [1.165, 1.54) is 14.2 Å². The molecule has 386 valence electrons. The molecule has 5 aromatic rings. The van der Waals surface area contributed by atoms with Gasteiger partial charge in [0.1, 0.15) is 36.8 Å². The third-order valence-electron chi connectivity index (χ3n) is 15.0. The van der Waals surface area contributed by atoms with Crippen molar-refractivity contribution in [1.29, 1.82) is 0 Å². The Morgan fingerprint density at radius 1 is 0.890 bits per heavy atom. The van der Waals surface area contributed by atoms with Crippen LogP contribution in [0.15, 0.2) is 53.3 Å². The number of rotatable bonds is 8. The second-order valence-corrected chi connectivity index (χ2v) is 19.5. The summed E-state index contributed by atoms with van der Waals surface area (Å²) in [6, 6.07) is 14.0. The molecule has 6 aliphatic heterocycles. The molecule has 73 heavy (non-hydrogen) atoms. The fraction of sp³-hybridized carbons (Fsp3) is 0.462. The number of benzene rings is 3. The van der Waals surface area contributed by atoms with Crippen LogP contribution in [0.5, 0.6) is 34.5 Å². The van der Waals surface area contributed by atoms with Gasteiger partial charge in [0.05, 0.1) is 68.5 Å². The van der Waals surface area contributed by atoms with Crippen molar-refractivity contribution in [2.24, 2.45) is 11.8 Å². The zero-order valence-corrected chi connectivity index (χ0v) is 40.7. The lowest BCUT2D eigenvalue weighted by Gasteiger charge is -2.47. The Morgan fingerprint density at radius 3 is 2.32 bits per heavy atom. The first-order chi connectivity index (χ1) is 35.0. The summed E-state index contributed by atoms with van der Waals surface area (Å²) in [6.07, 6.45) is -6.69. The SMILES string of the molecule is CC[C@@]1(O)C(=O)OCc2c1cc1n(c2=O)Cc2cc3c(CN(C)C)c(O)ccc3nc2-1.COc1cc([C@@H]2c3cc4c(cc3C(O[C@@H]3O[C@@H]5CO[C@@H](C)O[C@H]5[C@H](O)[C@H]3O)C3COC(=O)[C@@H]32)OCO4)cc(OC)c1O. The van der Waals surface area contributed by atoms with Gasteiger partial charge >= 0.3 is 11.9 Å². The third-order valence-corrected chi connectivity index (χ3v) is 15.0. The minimum Gasteiger partial charge on any atom is -0.508 e. The summed E-state index contributed by atoms with van der Waals surface area (Å²) in [6.45, 7) is 4.34. The lowest BCUT2D eigenvalue weighted by molar-refractivity contribution is -0.364. The molecule has 0 spiro atoms. The maximum Gasteiger partial charge on any atom is 0.343 e. The fourth-order valence-electron chi connectivity index (χ4n) is 11.3. The van der Waals surface area contributed by atoms with Gasteiger partial charge in [-0.1, -0.05) is 6.92 Å². The van der Waals surface area contributed by atoms with Gasteiger partial charge in [0.15, 0.2) is 41.2 Å². The Kier molecular flexibility index (Phi) is 12.3. The van der Waals surface area contributed by atoms with Gasteiger partial charge in [-0.3, -0.25) is 9.59 Å². The molecule has 11 atom stereocenters. The second-order valence-electron chi connectivity index (χ2n) is 19.5. The maximum absolute atomic E-state index is 13.4. The number of aliphatic hydroxyl groups excluding tert-OH is 2. The number of nitrogens with zero attached hydrogens (tertiary/aromatic N) is 3. The topological polar surface area (TPSA) is 266 Å². The molecule has 3 aromatic carbocycles.